The van der Waals surface area contributed by atoms with E-state index in [1.165, 1.54) is 212 Å². The molecule has 0 saturated carbocycles. The molecule has 1 aromatic rings. The fourth-order valence-corrected chi connectivity index (χ4v) is 9.66. The topological polar surface area (TPSA) is 73.7 Å². The molecule has 0 aliphatic heterocycles. The van der Waals surface area contributed by atoms with E-state index in [-0.39, 0.29) is 11.9 Å². The second kappa shape index (κ2) is 47.2. The van der Waals surface area contributed by atoms with Crippen molar-refractivity contribution < 1.29 is 19.1 Å². The quantitative estimate of drug-likeness (QED) is 0.0479. The Kier molecular flexibility index (Phi) is 44.4. The number of carbonyl (C=O) groups excluding carboxylic acids is 2. The summed E-state index contributed by atoms with van der Waals surface area (Å²) in [6.07, 6.45) is 53.8. The zero-order chi connectivity index (χ0) is 47.1. The number of nitrogens with zero attached hydrogens (tertiary/aromatic N) is 3. The second-order valence-electron chi connectivity index (χ2n) is 20.5. The van der Waals surface area contributed by atoms with Crippen LogP contribution in [0.2, 0.25) is 0 Å². The average molecular weight is 915 g/mol. The highest BCUT2D eigenvalue weighted by Gasteiger charge is 2.20. The van der Waals surface area contributed by atoms with Crippen LogP contribution in [0.4, 0.5) is 0 Å². The molecule has 65 heavy (non-hydrogen) atoms. The predicted molar refractivity (Wildman–Crippen MR) is 279 cm³/mol. The van der Waals surface area contributed by atoms with Crippen molar-refractivity contribution in [2.45, 2.75) is 292 Å². The molecule has 7 nitrogen and oxygen atoms in total. The van der Waals surface area contributed by atoms with Gasteiger partial charge in [-0.1, -0.05) is 227 Å². The van der Waals surface area contributed by atoms with Crippen molar-refractivity contribution >= 4 is 11.9 Å². The molecule has 0 radical (unpaired) electrons. The molecule has 0 aliphatic carbocycles. The molecular formula is C58H111N3O4. The minimum Gasteiger partial charge on any atom is -0.465 e. The highest BCUT2D eigenvalue weighted by molar-refractivity contribution is 5.69. The molecule has 0 amide bonds. The lowest BCUT2D eigenvalue weighted by Crippen LogP contribution is -2.29. The van der Waals surface area contributed by atoms with Crippen molar-refractivity contribution in [2.75, 3.05) is 32.8 Å². The third-order valence-electron chi connectivity index (χ3n) is 14.3. The second-order valence-corrected chi connectivity index (χ2v) is 20.5. The van der Waals surface area contributed by atoms with Crippen molar-refractivity contribution in [1.82, 2.24) is 14.5 Å². The summed E-state index contributed by atoms with van der Waals surface area (Å²) in [7, 11) is 0. The van der Waals surface area contributed by atoms with Crippen LogP contribution < -0.4 is 0 Å². The van der Waals surface area contributed by atoms with E-state index in [0.29, 0.717) is 43.8 Å². The van der Waals surface area contributed by atoms with Gasteiger partial charge in [0.05, 0.1) is 19.5 Å². The minimum atomic E-state index is -0.0423. The third-order valence-corrected chi connectivity index (χ3v) is 14.3. The van der Waals surface area contributed by atoms with E-state index < -0.39 is 0 Å². The van der Waals surface area contributed by atoms with Gasteiger partial charge in [0.25, 0.3) is 0 Å². The van der Waals surface area contributed by atoms with E-state index in [1.807, 2.05) is 18.7 Å². The van der Waals surface area contributed by atoms with Crippen LogP contribution in [0.3, 0.4) is 0 Å². The van der Waals surface area contributed by atoms with Crippen LogP contribution in [-0.4, -0.2) is 59.2 Å². The number of carbonyl (C=O) groups is 2. The van der Waals surface area contributed by atoms with E-state index in [2.05, 4.69) is 49.1 Å². The number of hydrogen-bond acceptors (Lipinski definition) is 6. The van der Waals surface area contributed by atoms with Crippen molar-refractivity contribution in [3.05, 3.63) is 18.7 Å². The molecule has 0 bridgehead atoms. The number of imidazole rings is 1. The Balaban J connectivity index is 2.64. The molecule has 382 valence electrons. The minimum absolute atomic E-state index is 0.0404. The Hall–Kier alpha value is -1.89. The zero-order valence-corrected chi connectivity index (χ0v) is 44.3. The smallest absolute Gasteiger partial charge is 0.305 e. The Morgan fingerprint density at radius 3 is 1.32 bits per heavy atom. The number of hydrogen-bond donors (Lipinski definition) is 0. The number of ether oxygens (including phenoxy) is 2. The molecule has 0 saturated heterocycles. The Morgan fingerprint density at radius 1 is 0.477 bits per heavy atom. The maximum atomic E-state index is 13.2. The van der Waals surface area contributed by atoms with E-state index >= 15 is 0 Å². The summed E-state index contributed by atoms with van der Waals surface area (Å²) in [5.74, 6) is 1.46. The van der Waals surface area contributed by atoms with Gasteiger partial charge in [-0.2, -0.15) is 0 Å². The number of aryl methyl sites for hydroxylation is 1. The van der Waals surface area contributed by atoms with Gasteiger partial charge in [0.1, 0.15) is 0 Å². The van der Waals surface area contributed by atoms with Crippen LogP contribution in [0.5, 0.6) is 0 Å². The monoisotopic (exact) mass is 914 g/mol. The van der Waals surface area contributed by atoms with Gasteiger partial charge in [0.2, 0.25) is 0 Å². The first-order valence-electron chi connectivity index (χ1n) is 28.9. The Bertz CT molecular complexity index is 1130. The average Bonchev–Trinajstić information content (AvgIpc) is 3.83. The third kappa shape index (κ3) is 39.8. The SMILES string of the molecule is CCCCCCCCCCC(CCCCCCCCC)COC(=O)CCCN(CCCCn1ccnc1)CCCC(=O)OCC(CCCCCCCCC)C(C)CCCCCCCCC. The maximum Gasteiger partial charge on any atom is 0.305 e. The van der Waals surface area contributed by atoms with Crippen LogP contribution in [-0.2, 0) is 25.6 Å². The van der Waals surface area contributed by atoms with E-state index in [9.17, 15) is 9.59 Å². The molecule has 7 heteroatoms. The summed E-state index contributed by atoms with van der Waals surface area (Å²) in [5.41, 5.74) is 0. The number of rotatable bonds is 51. The molecular weight excluding hydrogens is 803 g/mol. The molecule has 0 N–H and O–H groups in total. The van der Waals surface area contributed by atoms with E-state index in [4.69, 9.17) is 9.47 Å². The summed E-state index contributed by atoms with van der Waals surface area (Å²) < 4.78 is 14.2. The van der Waals surface area contributed by atoms with Crippen LogP contribution in [0.15, 0.2) is 18.7 Å². The molecule has 0 spiro atoms. The molecule has 0 fully saturated rings. The fraction of sp³-hybridized carbons (Fsp3) is 0.914. The van der Waals surface area contributed by atoms with Gasteiger partial charge in [0.15, 0.2) is 0 Å². The molecule has 0 aliphatic rings. The van der Waals surface area contributed by atoms with Gasteiger partial charge in [0, 0.05) is 31.8 Å². The van der Waals surface area contributed by atoms with Crippen molar-refractivity contribution in [1.29, 1.82) is 0 Å². The fourth-order valence-electron chi connectivity index (χ4n) is 9.66. The lowest BCUT2D eigenvalue weighted by atomic mass is 9.85. The molecule has 1 rings (SSSR count). The van der Waals surface area contributed by atoms with Gasteiger partial charge in [-0.25, -0.2) is 4.98 Å². The number of unbranched alkanes of at least 4 members (excludes halogenated alkanes) is 26. The van der Waals surface area contributed by atoms with Crippen molar-refractivity contribution in [3.8, 4) is 0 Å². The van der Waals surface area contributed by atoms with Gasteiger partial charge in [-0.05, 0) is 82.3 Å². The van der Waals surface area contributed by atoms with Crippen molar-refractivity contribution in [3.63, 3.8) is 0 Å². The zero-order valence-electron chi connectivity index (χ0n) is 44.3. The highest BCUT2D eigenvalue weighted by atomic mass is 16.5. The summed E-state index contributed by atoms with van der Waals surface area (Å²) in [6, 6.07) is 0. The maximum absolute atomic E-state index is 13.2. The van der Waals surface area contributed by atoms with Crippen LogP contribution in [0, 0.1) is 17.8 Å². The number of esters is 2. The van der Waals surface area contributed by atoms with E-state index in [1.54, 1.807) is 0 Å². The van der Waals surface area contributed by atoms with Crippen LogP contribution >= 0.6 is 0 Å². The van der Waals surface area contributed by atoms with Crippen LogP contribution in [0.1, 0.15) is 285 Å². The Labute approximate surface area is 404 Å². The van der Waals surface area contributed by atoms with Crippen molar-refractivity contribution in [2.24, 2.45) is 17.8 Å². The molecule has 1 aromatic heterocycles. The summed E-state index contributed by atoms with van der Waals surface area (Å²) in [5, 5.41) is 0. The lowest BCUT2D eigenvalue weighted by molar-refractivity contribution is -0.146. The largest absolute Gasteiger partial charge is 0.465 e. The first-order valence-corrected chi connectivity index (χ1v) is 28.9. The lowest BCUT2D eigenvalue weighted by Gasteiger charge is -2.24. The summed E-state index contributed by atoms with van der Waals surface area (Å²) >= 11 is 0. The first kappa shape index (κ1) is 61.1. The summed E-state index contributed by atoms with van der Waals surface area (Å²) in [4.78, 5) is 33.0. The molecule has 0 aromatic carbocycles. The van der Waals surface area contributed by atoms with Gasteiger partial charge < -0.3 is 18.9 Å². The van der Waals surface area contributed by atoms with Gasteiger partial charge in [-0.3, -0.25) is 9.59 Å². The normalized spacial score (nSPS) is 13.1. The summed E-state index contributed by atoms with van der Waals surface area (Å²) in [6.45, 7) is 16.3. The van der Waals surface area contributed by atoms with Gasteiger partial charge in [-0.15, -0.1) is 0 Å². The number of aromatic nitrogens is 2. The standard InChI is InChI=1S/C58H111N3O4/c1-6-10-14-18-22-26-29-33-41-55(40-32-28-24-20-16-12-8-3)51-64-57(62)43-37-48-60(46-35-36-47-61-50-45-59-53-61)49-38-44-58(63)65-52-56(42-34-30-25-21-17-13-9-4)54(5)39-31-27-23-19-15-11-7-2/h45,50,53-56H,6-44,46-49,51-52H2,1-5H3. The Morgan fingerprint density at radius 2 is 0.877 bits per heavy atom. The molecule has 3 atom stereocenters. The van der Waals surface area contributed by atoms with Crippen LogP contribution in [0.25, 0.3) is 0 Å². The first-order chi connectivity index (χ1) is 31.9. The van der Waals surface area contributed by atoms with E-state index in [0.717, 1.165) is 51.9 Å². The molecule has 1 heterocycles. The van der Waals surface area contributed by atoms with Gasteiger partial charge >= 0.3 is 11.9 Å². The molecule has 3 unspecified atom stereocenters. The highest BCUT2D eigenvalue weighted by Crippen LogP contribution is 2.26. The predicted octanol–water partition coefficient (Wildman–Crippen LogP) is 17.4.